The molecule has 0 unspecified atom stereocenters. The van der Waals surface area contributed by atoms with Crippen LogP contribution < -0.4 is 4.74 Å². The number of ether oxygens (including phenoxy) is 1. The summed E-state index contributed by atoms with van der Waals surface area (Å²) in [6, 6.07) is 26.1. The molecule has 0 radical (unpaired) electrons. The summed E-state index contributed by atoms with van der Waals surface area (Å²) in [5.41, 5.74) is 7.35. The van der Waals surface area contributed by atoms with Crippen molar-refractivity contribution in [3.05, 3.63) is 129 Å². The Morgan fingerprint density at radius 3 is 1.42 bits per heavy atom. The van der Waals surface area contributed by atoms with E-state index in [1.807, 2.05) is 36.4 Å². The molecule has 8 rings (SSSR count). The Morgan fingerprint density at radius 1 is 0.600 bits per heavy atom. The zero-order valence-corrected chi connectivity index (χ0v) is 25.0. The number of nitrogens with one attached hydrogen (secondary N) is 2. The predicted octanol–water partition coefficient (Wildman–Crippen LogP) is 7.93. The number of rotatable bonds is 2. The van der Waals surface area contributed by atoms with E-state index in [9.17, 15) is 20.1 Å². The molecule has 0 bridgehead atoms. The normalized spacial score (nSPS) is 15.5. The highest BCUT2D eigenvalue weighted by molar-refractivity contribution is 6.21. The van der Waals surface area contributed by atoms with Crippen LogP contribution in [0.5, 0.6) is 11.5 Å². The monoisotopic (exact) mass is 586 g/mol. The molecule has 6 aromatic rings. The van der Waals surface area contributed by atoms with Gasteiger partial charge in [0, 0.05) is 55.2 Å². The molecule has 2 heterocycles. The van der Waals surface area contributed by atoms with Crippen LogP contribution in [0, 0.1) is 22.7 Å². The van der Waals surface area contributed by atoms with E-state index < -0.39 is 10.8 Å². The predicted molar refractivity (Wildman–Crippen MR) is 170 cm³/mol. The molecule has 0 saturated carbocycles. The third-order valence-electron chi connectivity index (χ3n) is 9.61. The number of nitrogens with zero attached hydrogens (tertiary/aromatic N) is 2. The fourth-order valence-corrected chi connectivity index (χ4v) is 7.22. The minimum absolute atomic E-state index is 0.0631. The summed E-state index contributed by atoms with van der Waals surface area (Å²) in [4.78, 5) is 34.4. The van der Waals surface area contributed by atoms with E-state index in [0.717, 1.165) is 44.3 Å². The van der Waals surface area contributed by atoms with Gasteiger partial charge < -0.3 is 14.7 Å². The maximum absolute atomic E-state index is 13.8. The molecule has 0 saturated heterocycles. The van der Waals surface area contributed by atoms with Crippen LogP contribution in [0.25, 0.3) is 21.8 Å². The fourth-order valence-electron chi connectivity index (χ4n) is 7.22. The van der Waals surface area contributed by atoms with E-state index in [0.29, 0.717) is 44.9 Å². The average Bonchev–Trinajstić information content (AvgIpc) is 3.63. The van der Waals surface area contributed by atoms with Gasteiger partial charge in [-0.15, -0.1) is 0 Å². The Bertz CT molecular complexity index is 2250. The van der Waals surface area contributed by atoms with Crippen LogP contribution in [0.2, 0.25) is 0 Å². The topological polar surface area (TPSA) is 123 Å². The van der Waals surface area contributed by atoms with Crippen LogP contribution in [-0.2, 0) is 10.8 Å². The summed E-state index contributed by atoms with van der Waals surface area (Å²) in [6.07, 6.45) is 0. The Balaban J connectivity index is 1.18. The van der Waals surface area contributed by atoms with Crippen molar-refractivity contribution < 1.29 is 14.3 Å². The van der Waals surface area contributed by atoms with Crippen molar-refractivity contribution in [3.63, 3.8) is 0 Å². The van der Waals surface area contributed by atoms with Gasteiger partial charge in [-0.1, -0.05) is 39.8 Å². The van der Waals surface area contributed by atoms with Gasteiger partial charge in [0.05, 0.1) is 34.4 Å². The van der Waals surface area contributed by atoms with Crippen LogP contribution in [0.3, 0.4) is 0 Å². The van der Waals surface area contributed by atoms with Crippen molar-refractivity contribution in [1.82, 2.24) is 9.97 Å². The number of carbonyl (C=O) groups is 2. The highest BCUT2D eigenvalue weighted by Crippen LogP contribution is 2.47. The van der Waals surface area contributed by atoms with Gasteiger partial charge in [-0.05, 0) is 71.8 Å². The van der Waals surface area contributed by atoms with E-state index in [1.54, 1.807) is 36.4 Å². The van der Waals surface area contributed by atoms with Crippen LogP contribution in [0.15, 0.2) is 72.8 Å². The minimum atomic E-state index is -0.536. The second kappa shape index (κ2) is 8.81. The van der Waals surface area contributed by atoms with E-state index in [2.05, 4.69) is 49.8 Å². The number of nitriles is 2. The van der Waals surface area contributed by atoms with Gasteiger partial charge in [-0.25, -0.2) is 0 Å². The minimum Gasteiger partial charge on any atom is -0.457 e. The number of benzene rings is 4. The fraction of sp³-hybridized carbons (Fsp3) is 0.158. The van der Waals surface area contributed by atoms with E-state index in [-0.39, 0.29) is 11.6 Å². The first kappa shape index (κ1) is 26.7. The lowest BCUT2D eigenvalue weighted by atomic mass is 9.71. The third kappa shape index (κ3) is 3.56. The Labute approximate surface area is 258 Å². The summed E-state index contributed by atoms with van der Waals surface area (Å²) in [7, 11) is 0. The van der Waals surface area contributed by atoms with Crippen molar-refractivity contribution in [2.24, 2.45) is 0 Å². The van der Waals surface area contributed by atoms with E-state index >= 15 is 0 Å². The zero-order valence-electron chi connectivity index (χ0n) is 25.0. The van der Waals surface area contributed by atoms with Crippen molar-refractivity contribution in [2.45, 2.75) is 38.5 Å². The quantitative estimate of drug-likeness (QED) is 0.213. The summed E-state index contributed by atoms with van der Waals surface area (Å²) >= 11 is 0. The van der Waals surface area contributed by atoms with Gasteiger partial charge in [0.15, 0.2) is 11.6 Å². The Kier molecular flexibility index (Phi) is 5.23. The Hall–Kier alpha value is -5.92. The van der Waals surface area contributed by atoms with Crippen molar-refractivity contribution in [3.8, 4) is 23.6 Å². The number of H-pyrrole nitrogens is 2. The van der Waals surface area contributed by atoms with Crippen LogP contribution in [-0.4, -0.2) is 21.5 Å². The lowest BCUT2D eigenvalue weighted by Gasteiger charge is -2.33. The van der Waals surface area contributed by atoms with Gasteiger partial charge in [0.2, 0.25) is 0 Å². The zero-order chi connectivity index (χ0) is 31.4. The highest BCUT2D eigenvalue weighted by atomic mass is 16.5. The molecule has 2 aromatic heterocycles. The molecule has 2 aliphatic carbocycles. The lowest BCUT2D eigenvalue weighted by Crippen LogP contribution is -2.30. The number of aromatic nitrogens is 2. The first-order valence-electron chi connectivity index (χ1n) is 14.7. The van der Waals surface area contributed by atoms with Crippen LogP contribution in [0.4, 0.5) is 0 Å². The first-order chi connectivity index (χ1) is 21.5. The van der Waals surface area contributed by atoms with Gasteiger partial charge in [0.25, 0.3) is 0 Å². The molecular formula is C38H26N4O3. The van der Waals surface area contributed by atoms with Crippen molar-refractivity contribution in [2.75, 3.05) is 0 Å². The second-order valence-electron chi connectivity index (χ2n) is 12.9. The molecule has 2 aliphatic rings. The largest absolute Gasteiger partial charge is 0.457 e. The number of carbonyl (C=O) groups excluding carboxylic acids is 2. The number of fused-ring (bicyclic) bond motifs is 8. The van der Waals surface area contributed by atoms with E-state index in [1.165, 1.54) is 0 Å². The third-order valence-corrected chi connectivity index (χ3v) is 9.61. The summed E-state index contributed by atoms with van der Waals surface area (Å²) in [5, 5.41) is 20.4. The lowest BCUT2D eigenvalue weighted by molar-refractivity contribution is 0.102. The first-order valence-corrected chi connectivity index (χ1v) is 14.7. The van der Waals surface area contributed by atoms with Crippen molar-refractivity contribution in [1.29, 1.82) is 10.5 Å². The van der Waals surface area contributed by atoms with Gasteiger partial charge in [-0.2, -0.15) is 10.5 Å². The molecule has 2 N–H and O–H groups in total. The van der Waals surface area contributed by atoms with Gasteiger partial charge in [-0.3, -0.25) is 9.59 Å². The SMILES string of the molecule is CC1(C)c2cc(Oc3ccc4c(c3)C(C)(C)c3[nH]c5cc(C#N)ccc5c3C4=O)ccc2C(=O)c2c1[nH]c1cc(C#N)ccc21. The molecule has 0 amide bonds. The summed E-state index contributed by atoms with van der Waals surface area (Å²) in [6.45, 7) is 8.30. The highest BCUT2D eigenvalue weighted by Gasteiger charge is 2.41. The number of ketones is 2. The van der Waals surface area contributed by atoms with Crippen LogP contribution in [0.1, 0.15) is 93.2 Å². The van der Waals surface area contributed by atoms with Gasteiger partial charge >= 0.3 is 0 Å². The molecule has 45 heavy (non-hydrogen) atoms. The molecule has 7 nitrogen and oxygen atoms in total. The summed E-state index contributed by atoms with van der Waals surface area (Å²) < 4.78 is 6.41. The maximum atomic E-state index is 13.8. The van der Waals surface area contributed by atoms with E-state index in [4.69, 9.17) is 4.74 Å². The average molecular weight is 587 g/mol. The van der Waals surface area contributed by atoms with Crippen molar-refractivity contribution >= 4 is 33.4 Å². The van der Waals surface area contributed by atoms with Gasteiger partial charge in [0.1, 0.15) is 11.5 Å². The molecule has 216 valence electrons. The number of hydrogen-bond acceptors (Lipinski definition) is 5. The molecular weight excluding hydrogens is 560 g/mol. The smallest absolute Gasteiger partial charge is 0.195 e. The number of hydrogen-bond donors (Lipinski definition) is 2. The second-order valence-corrected chi connectivity index (χ2v) is 12.9. The molecule has 7 heteroatoms. The Morgan fingerprint density at radius 2 is 1.02 bits per heavy atom. The maximum Gasteiger partial charge on any atom is 0.195 e. The molecule has 4 aromatic carbocycles. The standard InChI is InChI=1S/C38H26N4O3/c1-37(2)27-15-21(7-11-23(27)33(43)31-25-9-5-19(17-39)13-29(25)41-35(31)37)45-22-8-12-24-28(16-22)38(3,4)36-32(34(24)44)26-10-6-20(18-40)14-30(26)42-36/h5-16,41-42H,1-4H3. The molecule has 0 aliphatic heterocycles. The molecule has 0 fully saturated rings. The summed E-state index contributed by atoms with van der Waals surface area (Å²) in [5.74, 6) is 1.03. The molecule has 0 spiro atoms. The van der Waals surface area contributed by atoms with Crippen LogP contribution >= 0.6 is 0 Å². The molecule has 0 atom stereocenters. The number of aromatic amines is 2.